The standard InChI is InChI=1S/C26H33N3O4S2/c1-17-13-18(2)20(4)25(19(17)3)35(30,31)29-11-9-28(10-12-29)26-27-22(16-34-26)14-21-7-8-23(32-5)24(15-21)33-6/h7-8,13,15-16H,9-12,14H2,1-6H3. The minimum atomic E-state index is -3.55. The third-order valence-corrected chi connectivity index (χ3v) is 9.90. The number of benzene rings is 2. The molecule has 0 aliphatic carbocycles. The number of aromatic nitrogens is 1. The lowest BCUT2D eigenvalue weighted by molar-refractivity contribution is 0.354. The Bertz CT molecular complexity index is 1300. The van der Waals surface area contributed by atoms with Gasteiger partial charge in [0.1, 0.15) is 0 Å². The molecule has 0 amide bonds. The second-order valence-corrected chi connectivity index (χ2v) is 11.7. The molecule has 0 atom stereocenters. The van der Waals surface area contributed by atoms with E-state index in [1.54, 1.807) is 29.9 Å². The summed E-state index contributed by atoms with van der Waals surface area (Å²) in [6, 6.07) is 7.95. The predicted molar refractivity (Wildman–Crippen MR) is 141 cm³/mol. The van der Waals surface area contributed by atoms with Crippen LogP contribution in [0.2, 0.25) is 0 Å². The molecule has 7 nitrogen and oxygen atoms in total. The first-order valence-electron chi connectivity index (χ1n) is 11.6. The Kier molecular flexibility index (Phi) is 7.40. The minimum absolute atomic E-state index is 0.443. The monoisotopic (exact) mass is 515 g/mol. The summed E-state index contributed by atoms with van der Waals surface area (Å²) in [6.45, 7) is 9.87. The summed E-state index contributed by atoms with van der Waals surface area (Å²) < 4.78 is 39.5. The highest BCUT2D eigenvalue weighted by Crippen LogP contribution is 2.32. The number of nitrogens with zero attached hydrogens (tertiary/aromatic N) is 3. The summed E-state index contributed by atoms with van der Waals surface area (Å²) >= 11 is 1.60. The zero-order valence-electron chi connectivity index (χ0n) is 21.2. The maximum Gasteiger partial charge on any atom is 0.243 e. The molecule has 9 heteroatoms. The van der Waals surface area contributed by atoms with Crippen molar-refractivity contribution in [1.29, 1.82) is 0 Å². The molecule has 35 heavy (non-hydrogen) atoms. The van der Waals surface area contributed by atoms with Gasteiger partial charge in [0.05, 0.1) is 24.8 Å². The van der Waals surface area contributed by atoms with Crippen LogP contribution in [0.25, 0.3) is 0 Å². The van der Waals surface area contributed by atoms with Crippen LogP contribution in [-0.2, 0) is 16.4 Å². The van der Waals surface area contributed by atoms with Gasteiger partial charge < -0.3 is 14.4 Å². The Morgan fingerprint density at radius 1 is 0.914 bits per heavy atom. The molecule has 1 aromatic heterocycles. The van der Waals surface area contributed by atoms with Gasteiger partial charge in [0.25, 0.3) is 0 Å². The van der Waals surface area contributed by atoms with E-state index < -0.39 is 10.0 Å². The van der Waals surface area contributed by atoms with E-state index in [1.165, 1.54) is 0 Å². The normalized spacial score (nSPS) is 14.9. The van der Waals surface area contributed by atoms with Crippen LogP contribution in [0.15, 0.2) is 34.5 Å². The fourth-order valence-electron chi connectivity index (χ4n) is 4.54. The molecule has 1 fully saturated rings. The van der Waals surface area contributed by atoms with Gasteiger partial charge in [-0.25, -0.2) is 13.4 Å². The molecule has 1 aliphatic heterocycles. The van der Waals surface area contributed by atoms with Crippen LogP contribution in [0.1, 0.15) is 33.5 Å². The van der Waals surface area contributed by atoms with E-state index in [1.807, 2.05) is 45.9 Å². The van der Waals surface area contributed by atoms with Gasteiger partial charge in [0.2, 0.25) is 10.0 Å². The Balaban J connectivity index is 1.45. The third-order valence-electron chi connectivity index (χ3n) is 6.78. The lowest BCUT2D eigenvalue weighted by Crippen LogP contribution is -2.49. The predicted octanol–water partition coefficient (Wildman–Crippen LogP) is 4.50. The summed E-state index contributed by atoms with van der Waals surface area (Å²) in [5.74, 6) is 1.40. The van der Waals surface area contributed by atoms with E-state index in [9.17, 15) is 8.42 Å². The van der Waals surface area contributed by atoms with E-state index >= 15 is 0 Å². The van der Waals surface area contributed by atoms with Crippen LogP contribution in [-0.4, -0.2) is 58.1 Å². The molecule has 1 aliphatic rings. The van der Waals surface area contributed by atoms with E-state index in [-0.39, 0.29) is 0 Å². The molecule has 4 rings (SSSR count). The molecule has 2 aromatic carbocycles. The van der Waals surface area contributed by atoms with Gasteiger partial charge in [-0.15, -0.1) is 11.3 Å². The Morgan fingerprint density at radius 3 is 2.14 bits per heavy atom. The van der Waals surface area contributed by atoms with Crippen LogP contribution in [0.3, 0.4) is 0 Å². The number of piperazine rings is 1. The maximum absolute atomic E-state index is 13.6. The molecule has 3 aromatic rings. The van der Waals surface area contributed by atoms with Gasteiger partial charge >= 0.3 is 0 Å². The van der Waals surface area contributed by atoms with Gasteiger partial charge in [-0.3, -0.25) is 0 Å². The van der Waals surface area contributed by atoms with E-state index in [2.05, 4.69) is 16.3 Å². The van der Waals surface area contributed by atoms with Crippen LogP contribution in [0, 0.1) is 27.7 Å². The number of methoxy groups -OCH3 is 2. The van der Waals surface area contributed by atoms with Crippen LogP contribution < -0.4 is 14.4 Å². The Labute approximate surface area is 212 Å². The topological polar surface area (TPSA) is 72.0 Å². The average Bonchev–Trinajstić information content (AvgIpc) is 3.31. The number of anilines is 1. The van der Waals surface area contributed by atoms with Crippen LogP contribution in [0.5, 0.6) is 11.5 Å². The average molecular weight is 516 g/mol. The van der Waals surface area contributed by atoms with Crippen molar-refractivity contribution < 1.29 is 17.9 Å². The lowest BCUT2D eigenvalue weighted by atomic mass is 10.0. The van der Waals surface area contributed by atoms with Crippen molar-refractivity contribution in [2.75, 3.05) is 45.3 Å². The highest BCUT2D eigenvalue weighted by atomic mass is 32.2. The molecule has 0 N–H and O–H groups in total. The van der Waals surface area contributed by atoms with Gasteiger partial charge in [-0.05, 0) is 67.6 Å². The number of hydrogen-bond acceptors (Lipinski definition) is 7. The number of rotatable bonds is 7. The van der Waals surface area contributed by atoms with Gasteiger partial charge in [-0.1, -0.05) is 12.1 Å². The maximum atomic E-state index is 13.6. The smallest absolute Gasteiger partial charge is 0.243 e. The number of sulfonamides is 1. The molecule has 0 saturated carbocycles. The van der Waals surface area contributed by atoms with Gasteiger partial charge in [0.15, 0.2) is 16.6 Å². The molecule has 188 valence electrons. The van der Waals surface area contributed by atoms with Crippen LogP contribution in [0.4, 0.5) is 5.13 Å². The summed E-state index contributed by atoms with van der Waals surface area (Å²) in [5.41, 5.74) is 5.78. The van der Waals surface area contributed by atoms with Crippen molar-refractivity contribution in [3.63, 3.8) is 0 Å². The van der Waals surface area contributed by atoms with Crippen LogP contribution >= 0.6 is 11.3 Å². The van der Waals surface area contributed by atoms with Crippen molar-refractivity contribution in [3.05, 3.63) is 63.2 Å². The minimum Gasteiger partial charge on any atom is -0.493 e. The quantitative estimate of drug-likeness (QED) is 0.462. The first kappa shape index (κ1) is 25.5. The van der Waals surface area contributed by atoms with Crippen molar-refractivity contribution in [3.8, 4) is 11.5 Å². The first-order valence-corrected chi connectivity index (χ1v) is 14.0. The third kappa shape index (κ3) is 5.03. The van der Waals surface area contributed by atoms with Gasteiger partial charge in [0, 0.05) is 38.0 Å². The van der Waals surface area contributed by atoms with Crippen molar-refractivity contribution in [2.24, 2.45) is 0 Å². The molecule has 0 unspecified atom stereocenters. The number of ether oxygens (including phenoxy) is 2. The van der Waals surface area contributed by atoms with E-state index in [4.69, 9.17) is 14.5 Å². The zero-order valence-corrected chi connectivity index (χ0v) is 22.8. The van der Waals surface area contributed by atoms with E-state index in [0.29, 0.717) is 49.0 Å². The summed E-state index contributed by atoms with van der Waals surface area (Å²) in [6.07, 6.45) is 0.691. The lowest BCUT2D eigenvalue weighted by Gasteiger charge is -2.34. The van der Waals surface area contributed by atoms with Gasteiger partial charge in [-0.2, -0.15) is 4.31 Å². The first-order chi connectivity index (χ1) is 16.6. The zero-order chi connectivity index (χ0) is 25.3. The SMILES string of the molecule is COc1ccc(Cc2csc(N3CCN(S(=O)(=O)c4c(C)c(C)cc(C)c4C)CC3)n2)cc1OC. The van der Waals surface area contributed by atoms with Crippen molar-refractivity contribution in [1.82, 2.24) is 9.29 Å². The van der Waals surface area contributed by atoms with Crippen molar-refractivity contribution in [2.45, 2.75) is 39.0 Å². The molecule has 1 saturated heterocycles. The van der Waals surface area contributed by atoms with Crippen molar-refractivity contribution >= 4 is 26.5 Å². The Hall–Kier alpha value is -2.62. The number of thiazole rings is 1. The fourth-order valence-corrected chi connectivity index (χ4v) is 7.42. The number of hydrogen-bond donors (Lipinski definition) is 0. The highest BCUT2D eigenvalue weighted by molar-refractivity contribution is 7.89. The largest absolute Gasteiger partial charge is 0.493 e. The summed E-state index contributed by atoms with van der Waals surface area (Å²) in [5, 5.41) is 2.99. The Morgan fingerprint density at radius 2 is 1.54 bits per heavy atom. The van der Waals surface area contributed by atoms with E-state index in [0.717, 1.165) is 38.6 Å². The molecule has 0 radical (unpaired) electrons. The number of aryl methyl sites for hydroxylation is 2. The summed E-state index contributed by atoms with van der Waals surface area (Å²) in [4.78, 5) is 7.47. The molecular formula is C26H33N3O4S2. The molecule has 0 spiro atoms. The highest BCUT2D eigenvalue weighted by Gasteiger charge is 2.32. The molecular weight excluding hydrogens is 482 g/mol. The fraction of sp³-hybridized carbons (Fsp3) is 0.423. The second-order valence-electron chi connectivity index (χ2n) is 8.97. The molecule has 0 bridgehead atoms. The summed E-state index contributed by atoms with van der Waals surface area (Å²) in [7, 11) is -0.300. The molecule has 2 heterocycles. The second kappa shape index (κ2) is 10.2.